The molecule has 0 aliphatic carbocycles. The first-order valence-corrected chi connectivity index (χ1v) is 23.3. The van der Waals surface area contributed by atoms with Crippen molar-refractivity contribution >= 4 is 55.9 Å². The van der Waals surface area contributed by atoms with Crippen molar-refractivity contribution in [1.29, 1.82) is 0 Å². The van der Waals surface area contributed by atoms with Crippen LogP contribution in [0.5, 0.6) is 0 Å². The number of anilines is 6. The van der Waals surface area contributed by atoms with Crippen LogP contribution in [0.3, 0.4) is 0 Å². The minimum absolute atomic E-state index is 0.695. The van der Waals surface area contributed by atoms with Gasteiger partial charge in [0, 0.05) is 67.3 Å². The number of benzene rings is 10. The third-order valence-electron chi connectivity index (χ3n) is 12.8. The van der Waals surface area contributed by atoms with E-state index in [1.807, 2.05) is 36.4 Å². The van der Waals surface area contributed by atoms with Crippen LogP contribution in [0.1, 0.15) is 0 Å². The molecule has 0 fully saturated rings. The molecular formula is C64H45N5. The molecule has 2 aromatic heterocycles. The number of aromatic nitrogens is 3. The molecule has 0 saturated carbocycles. The van der Waals surface area contributed by atoms with Crippen LogP contribution in [0.25, 0.3) is 72.5 Å². The van der Waals surface area contributed by atoms with Crippen molar-refractivity contribution in [3.63, 3.8) is 0 Å². The van der Waals surface area contributed by atoms with Gasteiger partial charge in [-0.25, -0.2) is 9.97 Å². The summed E-state index contributed by atoms with van der Waals surface area (Å²) in [6.45, 7) is 0. The highest BCUT2D eigenvalue weighted by Gasteiger charge is 2.20. The molecule has 0 aliphatic heterocycles. The zero-order valence-corrected chi connectivity index (χ0v) is 37.7. The average molecular weight is 884 g/mol. The van der Waals surface area contributed by atoms with Crippen LogP contribution in [0.2, 0.25) is 0 Å². The number of para-hydroxylation sites is 4. The third-order valence-corrected chi connectivity index (χ3v) is 12.8. The summed E-state index contributed by atoms with van der Waals surface area (Å²) in [5, 5.41) is 2.33. The number of hydrogen-bond acceptors (Lipinski definition) is 4. The van der Waals surface area contributed by atoms with Gasteiger partial charge < -0.3 is 14.4 Å². The summed E-state index contributed by atoms with van der Waals surface area (Å²) in [4.78, 5) is 14.8. The van der Waals surface area contributed by atoms with Gasteiger partial charge in [-0.2, -0.15) is 0 Å². The van der Waals surface area contributed by atoms with Crippen LogP contribution >= 0.6 is 0 Å². The Balaban J connectivity index is 0.954. The highest BCUT2D eigenvalue weighted by molar-refractivity contribution is 6.12. The van der Waals surface area contributed by atoms with Crippen LogP contribution in [0, 0.1) is 0 Å². The van der Waals surface area contributed by atoms with Gasteiger partial charge in [0.25, 0.3) is 0 Å². The Bertz CT molecular complexity index is 3400. The molecule has 5 heteroatoms. The zero-order valence-electron chi connectivity index (χ0n) is 37.7. The number of nitrogens with zero attached hydrogens (tertiary/aromatic N) is 5. The normalized spacial score (nSPS) is 11.2. The molecule has 0 N–H and O–H groups in total. The zero-order chi connectivity index (χ0) is 45.9. The first kappa shape index (κ1) is 41.1. The van der Waals surface area contributed by atoms with Gasteiger partial charge in [-0.3, -0.25) is 0 Å². The van der Waals surface area contributed by atoms with Crippen molar-refractivity contribution < 1.29 is 0 Å². The van der Waals surface area contributed by atoms with Gasteiger partial charge in [-0.05, 0) is 114 Å². The molecule has 2 heterocycles. The SMILES string of the molecule is c1ccc(-c2cc(-c3ccccc3)nc(-c3ccc(-c4ccc(-n5c6ccc(N(c7ccccc7)c7ccccc7)cc6c6cc(N(c7ccccc7)c7ccccc7)ccc65)cc4)cc3)n2)cc1. The van der Waals surface area contributed by atoms with Gasteiger partial charge in [0.15, 0.2) is 5.82 Å². The summed E-state index contributed by atoms with van der Waals surface area (Å²) in [7, 11) is 0. The predicted molar refractivity (Wildman–Crippen MR) is 287 cm³/mol. The second kappa shape index (κ2) is 18.2. The fourth-order valence-corrected chi connectivity index (χ4v) is 9.46. The van der Waals surface area contributed by atoms with Crippen molar-refractivity contribution in [2.45, 2.75) is 0 Å². The highest BCUT2D eigenvalue weighted by Crippen LogP contribution is 2.43. The molecular weight excluding hydrogens is 839 g/mol. The summed E-state index contributed by atoms with van der Waals surface area (Å²) in [5.41, 5.74) is 17.0. The van der Waals surface area contributed by atoms with E-state index < -0.39 is 0 Å². The van der Waals surface area contributed by atoms with Crippen molar-refractivity contribution in [2.24, 2.45) is 0 Å². The largest absolute Gasteiger partial charge is 0.310 e. The molecule has 12 rings (SSSR count). The van der Waals surface area contributed by atoms with Gasteiger partial charge in [-0.1, -0.05) is 170 Å². The van der Waals surface area contributed by atoms with Gasteiger partial charge >= 0.3 is 0 Å². The van der Waals surface area contributed by atoms with Crippen LogP contribution in [0.4, 0.5) is 34.1 Å². The lowest BCUT2D eigenvalue weighted by atomic mass is 10.0. The highest BCUT2D eigenvalue weighted by atomic mass is 15.1. The Labute approximate surface area is 402 Å². The first-order valence-electron chi connectivity index (χ1n) is 23.3. The number of fused-ring (bicyclic) bond motifs is 3. The van der Waals surface area contributed by atoms with Crippen LogP contribution in [0.15, 0.2) is 273 Å². The van der Waals surface area contributed by atoms with Crippen LogP contribution in [-0.4, -0.2) is 14.5 Å². The van der Waals surface area contributed by atoms with E-state index in [2.05, 4.69) is 251 Å². The molecule has 0 saturated heterocycles. The third kappa shape index (κ3) is 8.09. The lowest BCUT2D eigenvalue weighted by Crippen LogP contribution is -2.09. The van der Waals surface area contributed by atoms with E-state index in [4.69, 9.17) is 9.97 Å². The standard InChI is InChI=1S/C64H45N5/c1-7-19-48(20-8-1)60-45-61(49-21-9-2-10-22-49)66-64(65-60)50-33-31-46(32-34-50)47-35-37-55(38-36-47)69-62-41-39-56(67(51-23-11-3-12-24-51)52-25-13-4-14-26-52)43-58(62)59-44-57(40-42-63(59)69)68(53-27-15-5-16-28-53)54-29-17-6-18-30-54/h1-45H. The van der Waals surface area contributed by atoms with E-state index in [0.717, 1.165) is 101 Å². The molecule has 0 unspecified atom stereocenters. The summed E-state index contributed by atoms with van der Waals surface area (Å²) >= 11 is 0. The maximum absolute atomic E-state index is 5.06. The van der Waals surface area contributed by atoms with Crippen molar-refractivity contribution in [3.8, 4) is 50.7 Å². The second-order valence-electron chi connectivity index (χ2n) is 17.1. The van der Waals surface area contributed by atoms with E-state index in [0.29, 0.717) is 5.82 Å². The molecule has 326 valence electrons. The predicted octanol–water partition coefficient (Wildman–Crippen LogP) is 17.2. The van der Waals surface area contributed by atoms with Crippen molar-refractivity contribution in [3.05, 3.63) is 273 Å². The Hall–Kier alpha value is -9.32. The maximum Gasteiger partial charge on any atom is 0.160 e. The van der Waals surface area contributed by atoms with Gasteiger partial charge in [0.05, 0.1) is 22.4 Å². The van der Waals surface area contributed by atoms with E-state index in [-0.39, 0.29) is 0 Å². The molecule has 0 bridgehead atoms. The monoisotopic (exact) mass is 883 g/mol. The molecule has 5 nitrogen and oxygen atoms in total. The van der Waals surface area contributed by atoms with Crippen LogP contribution in [-0.2, 0) is 0 Å². The van der Waals surface area contributed by atoms with Gasteiger partial charge in [0.1, 0.15) is 0 Å². The molecule has 0 amide bonds. The molecule has 12 aromatic rings. The van der Waals surface area contributed by atoms with Crippen molar-refractivity contribution in [1.82, 2.24) is 14.5 Å². The van der Waals surface area contributed by atoms with E-state index >= 15 is 0 Å². The summed E-state index contributed by atoms with van der Waals surface area (Å²) < 4.78 is 2.40. The summed E-state index contributed by atoms with van der Waals surface area (Å²) in [5.74, 6) is 0.695. The topological polar surface area (TPSA) is 37.2 Å². The molecule has 0 aliphatic rings. The maximum atomic E-state index is 5.06. The molecule has 10 aromatic carbocycles. The van der Waals surface area contributed by atoms with E-state index in [1.54, 1.807) is 0 Å². The quantitative estimate of drug-likeness (QED) is 0.130. The molecule has 0 radical (unpaired) electrons. The Kier molecular flexibility index (Phi) is 10.8. The van der Waals surface area contributed by atoms with E-state index in [1.165, 1.54) is 0 Å². The van der Waals surface area contributed by atoms with E-state index in [9.17, 15) is 0 Å². The lowest BCUT2D eigenvalue weighted by molar-refractivity contribution is 1.18. The van der Waals surface area contributed by atoms with Gasteiger partial charge in [0.2, 0.25) is 0 Å². The summed E-state index contributed by atoms with van der Waals surface area (Å²) in [6, 6.07) is 96.4. The van der Waals surface area contributed by atoms with Crippen LogP contribution < -0.4 is 9.80 Å². The minimum atomic E-state index is 0.695. The molecule has 0 spiro atoms. The van der Waals surface area contributed by atoms with Gasteiger partial charge in [-0.15, -0.1) is 0 Å². The minimum Gasteiger partial charge on any atom is -0.310 e. The fraction of sp³-hybridized carbons (Fsp3) is 0. The second-order valence-corrected chi connectivity index (χ2v) is 17.1. The fourth-order valence-electron chi connectivity index (χ4n) is 9.46. The molecule has 69 heavy (non-hydrogen) atoms. The Morgan fingerprint density at radius 2 is 0.594 bits per heavy atom. The number of hydrogen-bond donors (Lipinski definition) is 0. The molecule has 0 atom stereocenters. The number of rotatable bonds is 11. The Morgan fingerprint density at radius 3 is 0.971 bits per heavy atom. The smallest absolute Gasteiger partial charge is 0.160 e. The average Bonchev–Trinajstić information content (AvgIpc) is 3.75. The summed E-state index contributed by atoms with van der Waals surface area (Å²) in [6.07, 6.45) is 0. The van der Waals surface area contributed by atoms with Crippen molar-refractivity contribution in [2.75, 3.05) is 9.80 Å². The lowest BCUT2D eigenvalue weighted by Gasteiger charge is -2.26. The Morgan fingerprint density at radius 1 is 0.261 bits per heavy atom. The first-order chi connectivity index (χ1) is 34.2.